The Hall–Kier alpha value is -2.97. The molecule has 35 heavy (non-hydrogen) atoms. The molecule has 9 heteroatoms. The molecule has 1 aliphatic carbocycles. The zero-order valence-corrected chi connectivity index (χ0v) is 21.6. The molecule has 1 aliphatic rings. The summed E-state index contributed by atoms with van der Waals surface area (Å²) in [5.74, 6) is 0.194. The van der Waals surface area contributed by atoms with Crippen molar-refractivity contribution in [1.29, 1.82) is 0 Å². The smallest absolute Gasteiger partial charge is 0.324 e. The number of imide groups is 1. The van der Waals surface area contributed by atoms with Gasteiger partial charge in [0.25, 0.3) is 0 Å². The first-order valence-electron chi connectivity index (χ1n) is 12.5. The summed E-state index contributed by atoms with van der Waals surface area (Å²) in [5.41, 5.74) is 5.95. The maximum Gasteiger partial charge on any atom is 0.324 e. The Kier molecular flexibility index (Phi) is 11.7. The van der Waals surface area contributed by atoms with Gasteiger partial charge in [-0.15, -0.1) is 0 Å². The highest BCUT2D eigenvalue weighted by Crippen LogP contribution is 2.44. The third-order valence-electron chi connectivity index (χ3n) is 6.58. The highest BCUT2D eigenvalue weighted by atomic mass is 16.5. The van der Waals surface area contributed by atoms with Crippen LogP contribution in [0.2, 0.25) is 0 Å². The standard InChI is InChI=1S/C26H41N3O6/c1-5-6-10-15-29(26(32)28-14-13-22(27)30)25(31)23(18-11-8-7-9-12-18)19-16-20(33-2)24(35-4)21(17-19)34-3/h16-18,23H,5-15H2,1-4H3,(H2,27,30)(H,28,32). The normalized spacial score (nSPS) is 14.6. The number of amides is 4. The van der Waals surface area contributed by atoms with Crippen LogP contribution in [0.25, 0.3) is 0 Å². The van der Waals surface area contributed by atoms with Crippen LogP contribution < -0.4 is 25.3 Å². The lowest BCUT2D eigenvalue weighted by atomic mass is 9.76. The Balaban J connectivity index is 2.47. The number of hydrogen-bond acceptors (Lipinski definition) is 6. The van der Waals surface area contributed by atoms with Crippen LogP contribution in [-0.2, 0) is 9.59 Å². The van der Waals surface area contributed by atoms with E-state index in [1.54, 1.807) is 14.2 Å². The molecule has 9 nitrogen and oxygen atoms in total. The van der Waals surface area contributed by atoms with Gasteiger partial charge in [0.05, 0.1) is 27.2 Å². The summed E-state index contributed by atoms with van der Waals surface area (Å²) < 4.78 is 16.6. The van der Waals surface area contributed by atoms with Gasteiger partial charge >= 0.3 is 6.03 Å². The molecule has 1 aromatic carbocycles. The van der Waals surface area contributed by atoms with Crippen molar-refractivity contribution >= 4 is 17.8 Å². The molecule has 1 fully saturated rings. The van der Waals surface area contributed by atoms with E-state index in [2.05, 4.69) is 12.2 Å². The molecule has 0 aliphatic heterocycles. The molecule has 0 aromatic heterocycles. The van der Waals surface area contributed by atoms with Crippen LogP contribution in [0.4, 0.5) is 4.79 Å². The molecule has 2 rings (SSSR count). The van der Waals surface area contributed by atoms with Crippen molar-refractivity contribution in [1.82, 2.24) is 10.2 Å². The summed E-state index contributed by atoms with van der Waals surface area (Å²) in [6.07, 6.45) is 7.61. The molecule has 0 bridgehead atoms. The fourth-order valence-corrected chi connectivity index (χ4v) is 4.75. The van der Waals surface area contributed by atoms with Crippen molar-refractivity contribution < 1.29 is 28.6 Å². The van der Waals surface area contributed by atoms with E-state index in [1.807, 2.05) is 12.1 Å². The number of carbonyl (C=O) groups is 3. The SMILES string of the molecule is CCCCCN(C(=O)NCCC(N)=O)C(=O)C(c1cc(OC)c(OC)c(OC)c1)C1CCCCC1. The molecule has 1 saturated carbocycles. The first-order valence-corrected chi connectivity index (χ1v) is 12.5. The minimum atomic E-state index is -0.535. The third kappa shape index (κ3) is 7.77. The van der Waals surface area contributed by atoms with Crippen molar-refractivity contribution in [3.63, 3.8) is 0 Å². The molecular weight excluding hydrogens is 450 g/mol. The zero-order valence-electron chi connectivity index (χ0n) is 21.6. The minimum Gasteiger partial charge on any atom is -0.493 e. The van der Waals surface area contributed by atoms with Gasteiger partial charge in [0, 0.05) is 19.5 Å². The van der Waals surface area contributed by atoms with Crippen molar-refractivity contribution in [2.24, 2.45) is 11.7 Å². The Bertz CT molecular complexity index is 828. The molecule has 0 saturated heterocycles. The van der Waals surface area contributed by atoms with E-state index in [0.29, 0.717) is 30.2 Å². The van der Waals surface area contributed by atoms with Gasteiger partial charge in [0.1, 0.15) is 0 Å². The number of nitrogens with one attached hydrogen (secondary N) is 1. The number of primary amides is 1. The zero-order chi connectivity index (χ0) is 25.8. The van der Waals surface area contributed by atoms with E-state index in [-0.39, 0.29) is 24.8 Å². The second-order valence-electron chi connectivity index (χ2n) is 8.98. The summed E-state index contributed by atoms with van der Waals surface area (Å²) in [6.45, 7) is 2.46. The maximum absolute atomic E-state index is 14.1. The van der Waals surface area contributed by atoms with Gasteiger partial charge in [0.2, 0.25) is 17.6 Å². The van der Waals surface area contributed by atoms with Crippen LogP contribution in [-0.4, -0.2) is 57.2 Å². The molecule has 0 heterocycles. The van der Waals surface area contributed by atoms with Gasteiger partial charge in [-0.3, -0.25) is 14.5 Å². The highest BCUT2D eigenvalue weighted by Gasteiger charge is 2.37. The molecule has 0 spiro atoms. The lowest BCUT2D eigenvalue weighted by Gasteiger charge is -2.34. The van der Waals surface area contributed by atoms with Crippen LogP contribution >= 0.6 is 0 Å². The highest BCUT2D eigenvalue weighted by molar-refractivity contribution is 5.98. The predicted octanol–water partition coefficient (Wildman–Crippen LogP) is 3.98. The largest absolute Gasteiger partial charge is 0.493 e. The monoisotopic (exact) mass is 491 g/mol. The molecule has 1 aromatic rings. The number of hydrogen-bond donors (Lipinski definition) is 2. The quantitative estimate of drug-likeness (QED) is 0.403. The maximum atomic E-state index is 14.1. The van der Waals surface area contributed by atoms with Crippen molar-refractivity contribution in [3.05, 3.63) is 17.7 Å². The van der Waals surface area contributed by atoms with Gasteiger partial charge in [-0.2, -0.15) is 0 Å². The summed E-state index contributed by atoms with van der Waals surface area (Å²) in [4.78, 5) is 39.6. The molecule has 196 valence electrons. The summed E-state index contributed by atoms with van der Waals surface area (Å²) in [7, 11) is 4.62. The van der Waals surface area contributed by atoms with Crippen molar-refractivity contribution in [2.45, 2.75) is 70.6 Å². The van der Waals surface area contributed by atoms with Gasteiger partial charge < -0.3 is 25.3 Å². The minimum absolute atomic E-state index is 0.0155. The van der Waals surface area contributed by atoms with Crippen LogP contribution in [0.3, 0.4) is 0 Å². The molecule has 3 N–H and O–H groups in total. The van der Waals surface area contributed by atoms with Crippen LogP contribution in [0.15, 0.2) is 12.1 Å². The first kappa shape index (κ1) is 28.3. The van der Waals surface area contributed by atoms with Gasteiger partial charge in [-0.1, -0.05) is 39.0 Å². The topological polar surface area (TPSA) is 120 Å². The number of benzene rings is 1. The average molecular weight is 492 g/mol. The van der Waals surface area contributed by atoms with Crippen LogP contribution in [0, 0.1) is 5.92 Å². The summed E-state index contributed by atoms with van der Waals surface area (Å²) >= 11 is 0. The van der Waals surface area contributed by atoms with E-state index in [9.17, 15) is 14.4 Å². The third-order valence-corrected chi connectivity index (χ3v) is 6.58. The molecule has 4 amide bonds. The van der Waals surface area contributed by atoms with Gasteiger partial charge in [0.15, 0.2) is 11.5 Å². The second kappa shape index (κ2) is 14.4. The van der Waals surface area contributed by atoms with Crippen molar-refractivity contribution in [3.8, 4) is 17.2 Å². The predicted molar refractivity (Wildman–Crippen MR) is 134 cm³/mol. The number of unbranched alkanes of at least 4 members (excludes halogenated alkanes) is 2. The number of urea groups is 1. The average Bonchev–Trinajstić information content (AvgIpc) is 2.86. The van der Waals surface area contributed by atoms with Crippen LogP contribution in [0.1, 0.15) is 76.2 Å². The van der Waals surface area contributed by atoms with Gasteiger partial charge in [-0.25, -0.2) is 4.79 Å². The van der Waals surface area contributed by atoms with E-state index in [4.69, 9.17) is 19.9 Å². The first-order chi connectivity index (χ1) is 16.9. The number of ether oxygens (including phenoxy) is 3. The summed E-state index contributed by atoms with van der Waals surface area (Å²) in [6, 6.07) is 3.13. The van der Waals surface area contributed by atoms with E-state index >= 15 is 0 Å². The number of methoxy groups -OCH3 is 3. The fraction of sp³-hybridized carbons (Fsp3) is 0.654. The lowest BCUT2D eigenvalue weighted by molar-refractivity contribution is -0.131. The fourth-order valence-electron chi connectivity index (χ4n) is 4.75. The van der Waals surface area contributed by atoms with Gasteiger partial charge in [-0.05, 0) is 42.9 Å². The molecular formula is C26H41N3O6. The Morgan fingerprint density at radius 3 is 2.17 bits per heavy atom. The number of nitrogens with zero attached hydrogens (tertiary/aromatic N) is 1. The molecule has 0 radical (unpaired) electrons. The number of nitrogens with two attached hydrogens (primary N) is 1. The van der Waals surface area contributed by atoms with Crippen molar-refractivity contribution in [2.75, 3.05) is 34.4 Å². The Morgan fingerprint density at radius 2 is 1.66 bits per heavy atom. The number of rotatable bonds is 13. The molecule has 1 atom stereocenters. The van der Waals surface area contributed by atoms with E-state index in [1.165, 1.54) is 12.0 Å². The van der Waals surface area contributed by atoms with E-state index in [0.717, 1.165) is 50.5 Å². The Labute approximate surface area is 208 Å². The second-order valence-corrected chi connectivity index (χ2v) is 8.98. The van der Waals surface area contributed by atoms with Crippen LogP contribution in [0.5, 0.6) is 17.2 Å². The van der Waals surface area contributed by atoms with E-state index < -0.39 is 17.9 Å². The Morgan fingerprint density at radius 1 is 1.03 bits per heavy atom. The number of carbonyl (C=O) groups excluding carboxylic acids is 3. The summed E-state index contributed by atoms with van der Waals surface area (Å²) in [5, 5.41) is 2.69. The molecule has 1 unspecified atom stereocenters. The lowest BCUT2D eigenvalue weighted by Crippen LogP contribution is -2.48.